The number of hydrogen-bond donors (Lipinski definition) is 1. The second kappa shape index (κ2) is 3.51. The minimum Gasteiger partial charge on any atom is -0.349 e. The van der Waals surface area contributed by atoms with Crippen LogP contribution < -0.4 is 5.73 Å². The summed E-state index contributed by atoms with van der Waals surface area (Å²) in [5.74, 6) is 1.28. The summed E-state index contributed by atoms with van der Waals surface area (Å²) in [6, 6.07) is 1.81. The summed E-state index contributed by atoms with van der Waals surface area (Å²) in [5.41, 5.74) is 3.89. The Labute approximate surface area is 80.8 Å². The van der Waals surface area contributed by atoms with Crippen molar-refractivity contribution < 1.29 is 5.73 Å². The van der Waals surface area contributed by atoms with Crippen LogP contribution in [-0.4, -0.2) is 24.7 Å². The molecule has 0 aliphatic heterocycles. The average Bonchev–Trinajstić information content (AvgIpc) is 2.67. The van der Waals surface area contributed by atoms with E-state index in [0.29, 0.717) is 5.95 Å². The van der Waals surface area contributed by atoms with Crippen LogP contribution in [0.5, 0.6) is 0 Å². The molecular weight excluding hydrogens is 180 g/mol. The molecule has 0 aliphatic carbocycles. The van der Waals surface area contributed by atoms with Crippen molar-refractivity contribution in [2.75, 3.05) is 0 Å². The Bertz CT molecular complexity index is 407. The number of hydrogen-bond acceptors (Lipinski definition) is 4. The third-order valence-electron chi connectivity index (χ3n) is 1.76. The van der Waals surface area contributed by atoms with Gasteiger partial charge in [-0.05, 0) is 13.0 Å². The van der Waals surface area contributed by atoms with Gasteiger partial charge in [0.15, 0.2) is 5.82 Å². The zero-order valence-corrected chi connectivity index (χ0v) is 7.83. The zero-order valence-electron chi connectivity index (χ0n) is 7.83. The highest BCUT2D eigenvalue weighted by atomic mass is 15.4. The molecule has 0 aromatic carbocycles. The van der Waals surface area contributed by atoms with E-state index >= 15 is 0 Å². The van der Waals surface area contributed by atoms with Crippen LogP contribution >= 0.6 is 0 Å². The molecule has 0 radical (unpaired) electrons. The fraction of sp³-hybridized carbons (Fsp3) is 0.250. The normalized spacial score (nSPS) is 12.7. The maximum atomic E-state index is 4.10. The van der Waals surface area contributed by atoms with Gasteiger partial charge in [0.1, 0.15) is 12.4 Å². The number of rotatable bonds is 2. The van der Waals surface area contributed by atoms with Gasteiger partial charge in [0, 0.05) is 12.4 Å². The van der Waals surface area contributed by atoms with Crippen molar-refractivity contribution >= 4 is 0 Å². The van der Waals surface area contributed by atoms with E-state index in [0.717, 1.165) is 5.82 Å². The Morgan fingerprint density at radius 3 is 2.64 bits per heavy atom. The van der Waals surface area contributed by atoms with Gasteiger partial charge in [-0.2, -0.15) is 9.78 Å². The summed E-state index contributed by atoms with van der Waals surface area (Å²) in [5, 5.41) is 4.05. The maximum absolute atomic E-state index is 4.10. The Kier molecular flexibility index (Phi) is 2.19. The van der Waals surface area contributed by atoms with E-state index < -0.39 is 0 Å². The molecule has 14 heavy (non-hydrogen) atoms. The highest BCUT2D eigenvalue weighted by molar-refractivity contribution is 5.10. The predicted octanol–water partition coefficient (Wildman–Crippen LogP) is -0.640. The van der Waals surface area contributed by atoms with Gasteiger partial charge in [0.05, 0.1) is 0 Å². The van der Waals surface area contributed by atoms with Gasteiger partial charge in [-0.1, -0.05) is 0 Å². The lowest BCUT2D eigenvalue weighted by atomic mass is 10.3. The molecule has 0 amide bonds. The summed E-state index contributed by atoms with van der Waals surface area (Å²) < 4.78 is 1.59. The molecule has 1 unspecified atom stereocenters. The van der Waals surface area contributed by atoms with Crippen LogP contribution in [0.4, 0.5) is 0 Å². The van der Waals surface area contributed by atoms with Crippen LogP contribution in [0.1, 0.15) is 18.8 Å². The molecule has 1 atom stereocenters. The smallest absolute Gasteiger partial charge is 0.252 e. The van der Waals surface area contributed by atoms with Gasteiger partial charge >= 0.3 is 0 Å². The summed E-state index contributed by atoms with van der Waals surface area (Å²) in [4.78, 5) is 12.3. The van der Waals surface area contributed by atoms with Gasteiger partial charge in [0.2, 0.25) is 0 Å². The van der Waals surface area contributed by atoms with Gasteiger partial charge in [-0.3, -0.25) is 0 Å². The van der Waals surface area contributed by atoms with Crippen LogP contribution in [0.3, 0.4) is 0 Å². The largest absolute Gasteiger partial charge is 0.349 e. The lowest BCUT2D eigenvalue weighted by molar-refractivity contribution is -0.422. The first kappa shape index (κ1) is 8.76. The molecule has 2 aromatic heterocycles. The van der Waals surface area contributed by atoms with Crippen LogP contribution in [0.15, 0.2) is 24.8 Å². The van der Waals surface area contributed by atoms with Gasteiger partial charge in [0.25, 0.3) is 5.95 Å². The standard InChI is InChI=1S/C8H10N6/c1-6(9)7-12-5-13-14(7)8-10-3-2-4-11-8/h2-6H,9H2,1H3/p+1. The van der Waals surface area contributed by atoms with Gasteiger partial charge in [-0.15, -0.1) is 0 Å². The van der Waals surface area contributed by atoms with Crippen molar-refractivity contribution in [3.63, 3.8) is 0 Å². The highest BCUT2D eigenvalue weighted by Gasteiger charge is 2.14. The molecule has 6 nitrogen and oxygen atoms in total. The first-order valence-electron chi connectivity index (χ1n) is 4.29. The van der Waals surface area contributed by atoms with Crippen molar-refractivity contribution in [2.24, 2.45) is 0 Å². The van der Waals surface area contributed by atoms with E-state index in [1.165, 1.54) is 6.33 Å². The van der Waals surface area contributed by atoms with Gasteiger partial charge < -0.3 is 5.73 Å². The van der Waals surface area contributed by atoms with E-state index in [1.54, 1.807) is 23.1 Å². The first-order valence-corrected chi connectivity index (χ1v) is 4.29. The van der Waals surface area contributed by atoms with E-state index in [4.69, 9.17) is 0 Å². The maximum Gasteiger partial charge on any atom is 0.252 e. The lowest BCUT2D eigenvalue weighted by Crippen LogP contribution is -2.52. The second-order valence-electron chi connectivity index (χ2n) is 2.98. The van der Waals surface area contributed by atoms with E-state index in [2.05, 4.69) is 25.8 Å². The fourth-order valence-electron chi connectivity index (χ4n) is 1.14. The Hall–Kier alpha value is -1.82. The molecule has 0 fully saturated rings. The minimum atomic E-state index is 0.0568. The third kappa shape index (κ3) is 1.47. The Morgan fingerprint density at radius 2 is 2.00 bits per heavy atom. The quantitative estimate of drug-likeness (QED) is 0.684. The monoisotopic (exact) mass is 191 g/mol. The van der Waals surface area contributed by atoms with Crippen molar-refractivity contribution in [1.29, 1.82) is 0 Å². The third-order valence-corrected chi connectivity index (χ3v) is 1.76. The molecule has 3 N–H and O–H groups in total. The molecule has 0 saturated heterocycles. The molecule has 0 spiro atoms. The average molecular weight is 191 g/mol. The van der Waals surface area contributed by atoms with Crippen LogP contribution in [-0.2, 0) is 0 Å². The topological polar surface area (TPSA) is 84.1 Å². The van der Waals surface area contributed by atoms with Crippen molar-refractivity contribution in [2.45, 2.75) is 13.0 Å². The molecule has 0 bridgehead atoms. The zero-order chi connectivity index (χ0) is 9.97. The molecule has 0 aliphatic rings. The molecule has 72 valence electrons. The first-order chi connectivity index (χ1) is 6.79. The predicted molar refractivity (Wildman–Crippen MR) is 48.3 cm³/mol. The summed E-state index contributed by atoms with van der Waals surface area (Å²) in [7, 11) is 0. The molecule has 6 heteroatoms. The van der Waals surface area contributed by atoms with E-state index in [9.17, 15) is 0 Å². The second-order valence-corrected chi connectivity index (χ2v) is 2.98. The van der Waals surface area contributed by atoms with Gasteiger partial charge in [-0.25, -0.2) is 15.0 Å². The lowest BCUT2D eigenvalue weighted by Gasteiger charge is -2.03. The molecule has 2 rings (SSSR count). The number of nitrogens with zero attached hydrogens (tertiary/aromatic N) is 5. The number of aromatic nitrogens is 5. The van der Waals surface area contributed by atoms with E-state index in [1.807, 2.05) is 6.92 Å². The van der Waals surface area contributed by atoms with Crippen molar-refractivity contribution in [3.8, 4) is 5.95 Å². The highest BCUT2D eigenvalue weighted by Crippen LogP contribution is 2.06. The van der Waals surface area contributed by atoms with Crippen molar-refractivity contribution in [3.05, 3.63) is 30.6 Å². The fourth-order valence-corrected chi connectivity index (χ4v) is 1.14. The summed E-state index contributed by atoms with van der Waals surface area (Å²) in [6.45, 7) is 1.95. The molecular formula is C8H11N6+. The van der Waals surface area contributed by atoms with Crippen LogP contribution in [0, 0.1) is 0 Å². The van der Waals surface area contributed by atoms with Crippen molar-refractivity contribution in [1.82, 2.24) is 24.7 Å². The van der Waals surface area contributed by atoms with E-state index in [-0.39, 0.29) is 6.04 Å². The SMILES string of the molecule is CC([NH3+])c1ncnn1-c1ncccn1. The Balaban J connectivity index is 2.47. The minimum absolute atomic E-state index is 0.0568. The summed E-state index contributed by atoms with van der Waals surface area (Å²) in [6.07, 6.45) is 4.82. The van der Waals surface area contributed by atoms with Crippen LogP contribution in [0.25, 0.3) is 5.95 Å². The Morgan fingerprint density at radius 1 is 1.29 bits per heavy atom. The molecule has 2 aromatic rings. The van der Waals surface area contributed by atoms with Crippen LogP contribution in [0.2, 0.25) is 0 Å². The molecule has 0 saturated carbocycles. The molecule has 2 heterocycles. The number of quaternary nitrogens is 1. The summed E-state index contributed by atoms with van der Waals surface area (Å²) >= 11 is 0.